The van der Waals surface area contributed by atoms with E-state index in [0.717, 1.165) is 34.1 Å². The molecule has 0 heterocycles. The molecule has 2 unspecified atom stereocenters. The Labute approximate surface area is 281 Å². The van der Waals surface area contributed by atoms with Crippen LogP contribution in [0, 0.1) is 5.82 Å². The summed E-state index contributed by atoms with van der Waals surface area (Å²) in [6.45, 7) is 5.44. The monoisotopic (exact) mass is 679 g/mol. The van der Waals surface area contributed by atoms with Crippen LogP contribution in [0.5, 0.6) is 5.75 Å². The van der Waals surface area contributed by atoms with Crippen molar-refractivity contribution in [1.29, 1.82) is 0 Å². The number of carbonyl (C=O) groups is 2. The van der Waals surface area contributed by atoms with Gasteiger partial charge in [0.25, 0.3) is 10.0 Å². The number of benzene rings is 4. The van der Waals surface area contributed by atoms with Gasteiger partial charge in [0.1, 0.15) is 24.2 Å². The van der Waals surface area contributed by atoms with Gasteiger partial charge in [0, 0.05) is 24.0 Å². The average Bonchev–Trinajstić information content (AvgIpc) is 3.07. The highest BCUT2D eigenvalue weighted by Crippen LogP contribution is 2.27. The molecule has 47 heavy (non-hydrogen) atoms. The van der Waals surface area contributed by atoms with Crippen LogP contribution in [0.25, 0.3) is 0 Å². The molecule has 8 nitrogen and oxygen atoms in total. The van der Waals surface area contributed by atoms with Gasteiger partial charge >= 0.3 is 0 Å². The van der Waals surface area contributed by atoms with Crippen molar-refractivity contribution in [2.75, 3.05) is 17.5 Å². The van der Waals surface area contributed by atoms with E-state index in [1.165, 1.54) is 4.90 Å². The number of carbonyl (C=O) groups excluding carboxylic acids is 2. The standard InChI is InChI=1S/C36H39ClFN3O5S/c1-4-26(3)39-36(43)34(23-27-9-7-6-8-10-27)40(24-28-11-13-29(37)14-12-28)35(42)25-41(31-17-19-32(20-18-31)46-5-2)47(44,45)33-21-15-30(38)16-22-33/h6-22,26,34H,4-5,23-25H2,1-3H3,(H,39,43). The van der Waals surface area contributed by atoms with Crippen molar-refractivity contribution in [2.24, 2.45) is 0 Å². The molecule has 11 heteroatoms. The van der Waals surface area contributed by atoms with Crippen molar-refractivity contribution in [3.05, 3.63) is 125 Å². The highest BCUT2D eigenvalue weighted by atomic mass is 35.5. The summed E-state index contributed by atoms with van der Waals surface area (Å²) in [7, 11) is -4.37. The largest absolute Gasteiger partial charge is 0.494 e. The Hall–Kier alpha value is -4.41. The molecule has 0 bridgehead atoms. The fourth-order valence-electron chi connectivity index (χ4n) is 4.92. The van der Waals surface area contributed by atoms with E-state index in [1.54, 1.807) is 48.5 Å². The second-order valence-corrected chi connectivity index (χ2v) is 13.4. The lowest BCUT2D eigenvalue weighted by Gasteiger charge is -2.34. The van der Waals surface area contributed by atoms with E-state index in [4.69, 9.17) is 16.3 Å². The maximum absolute atomic E-state index is 14.5. The first kappa shape index (κ1) is 35.4. The molecule has 0 aliphatic carbocycles. The molecule has 4 aromatic carbocycles. The van der Waals surface area contributed by atoms with E-state index in [-0.39, 0.29) is 35.5 Å². The molecule has 0 aromatic heterocycles. The number of halogens is 2. The Morgan fingerprint density at radius 3 is 2.11 bits per heavy atom. The molecule has 0 saturated carbocycles. The van der Waals surface area contributed by atoms with E-state index in [9.17, 15) is 22.4 Å². The first-order valence-corrected chi connectivity index (χ1v) is 17.2. The van der Waals surface area contributed by atoms with Gasteiger partial charge in [-0.2, -0.15) is 0 Å². The van der Waals surface area contributed by atoms with Crippen LogP contribution in [0.1, 0.15) is 38.3 Å². The minimum atomic E-state index is -4.37. The SMILES string of the molecule is CCOc1ccc(N(CC(=O)N(Cc2ccc(Cl)cc2)C(Cc2ccccc2)C(=O)NC(C)CC)S(=O)(=O)c2ccc(F)cc2)cc1. The van der Waals surface area contributed by atoms with Gasteiger partial charge in [-0.1, -0.05) is 61.0 Å². The Bertz CT molecular complexity index is 1720. The van der Waals surface area contributed by atoms with Gasteiger partial charge in [0.15, 0.2) is 0 Å². The van der Waals surface area contributed by atoms with Gasteiger partial charge in [-0.3, -0.25) is 13.9 Å². The van der Waals surface area contributed by atoms with Crippen LogP contribution in [0.2, 0.25) is 5.02 Å². The predicted molar refractivity (Wildman–Crippen MR) is 182 cm³/mol. The summed E-state index contributed by atoms with van der Waals surface area (Å²) in [5.74, 6) is -1.05. The van der Waals surface area contributed by atoms with Crippen LogP contribution in [0.4, 0.5) is 10.1 Å². The number of ether oxygens (including phenoxy) is 1. The molecule has 0 fully saturated rings. The molecular formula is C36H39ClFN3O5S. The number of hydrogen-bond donors (Lipinski definition) is 1. The summed E-state index contributed by atoms with van der Waals surface area (Å²) in [4.78, 5) is 29.6. The van der Waals surface area contributed by atoms with Crippen molar-refractivity contribution in [3.8, 4) is 5.75 Å². The number of sulfonamides is 1. The second-order valence-electron chi connectivity index (χ2n) is 11.1. The lowest BCUT2D eigenvalue weighted by atomic mass is 10.0. The summed E-state index contributed by atoms with van der Waals surface area (Å²) in [5, 5.41) is 3.52. The first-order valence-electron chi connectivity index (χ1n) is 15.4. The molecule has 1 N–H and O–H groups in total. The molecule has 2 amide bonds. The molecule has 4 rings (SSSR count). The summed E-state index contributed by atoms with van der Waals surface area (Å²) >= 11 is 6.14. The van der Waals surface area contributed by atoms with Crippen LogP contribution in [0.3, 0.4) is 0 Å². The number of nitrogens with one attached hydrogen (secondary N) is 1. The van der Waals surface area contributed by atoms with E-state index in [0.29, 0.717) is 29.4 Å². The number of amides is 2. The maximum atomic E-state index is 14.5. The lowest BCUT2D eigenvalue weighted by Crippen LogP contribution is -2.54. The fraction of sp³-hybridized carbons (Fsp3) is 0.278. The third kappa shape index (κ3) is 9.56. The van der Waals surface area contributed by atoms with E-state index >= 15 is 0 Å². The predicted octanol–water partition coefficient (Wildman–Crippen LogP) is 6.63. The van der Waals surface area contributed by atoms with Crippen molar-refractivity contribution in [3.63, 3.8) is 0 Å². The van der Waals surface area contributed by atoms with Gasteiger partial charge in [-0.05, 0) is 92.1 Å². The van der Waals surface area contributed by atoms with Crippen molar-refractivity contribution >= 4 is 39.1 Å². The topological polar surface area (TPSA) is 96.0 Å². The minimum absolute atomic E-state index is 0.00907. The molecule has 0 aliphatic heterocycles. The van der Waals surface area contributed by atoms with Crippen LogP contribution in [-0.4, -0.2) is 50.4 Å². The number of hydrogen-bond acceptors (Lipinski definition) is 5. The van der Waals surface area contributed by atoms with Crippen molar-refractivity contribution < 1.29 is 27.1 Å². The Kier molecular flexibility index (Phi) is 12.4. The summed E-state index contributed by atoms with van der Waals surface area (Å²) in [6, 6.07) is 25.8. The van der Waals surface area contributed by atoms with Gasteiger partial charge < -0.3 is 15.0 Å². The highest BCUT2D eigenvalue weighted by molar-refractivity contribution is 7.92. The van der Waals surface area contributed by atoms with Crippen LogP contribution in [-0.2, 0) is 32.6 Å². The lowest BCUT2D eigenvalue weighted by molar-refractivity contribution is -0.140. The van der Waals surface area contributed by atoms with Crippen LogP contribution in [0.15, 0.2) is 108 Å². The van der Waals surface area contributed by atoms with E-state index < -0.39 is 34.3 Å². The van der Waals surface area contributed by atoms with Crippen LogP contribution >= 0.6 is 11.6 Å². The first-order chi connectivity index (χ1) is 22.5. The quantitative estimate of drug-likeness (QED) is 0.152. The maximum Gasteiger partial charge on any atom is 0.264 e. The van der Waals surface area contributed by atoms with E-state index in [1.807, 2.05) is 51.1 Å². The molecular weight excluding hydrogens is 641 g/mol. The molecule has 4 aromatic rings. The van der Waals surface area contributed by atoms with Crippen LogP contribution < -0.4 is 14.4 Å². The van der Waals surface area contributed by atoms with E-state index in [2.05, 4.69) is 5.32 Å². The highest BCUT2D eigenvalue weighted by Gasteiger charge is 2.35. The van der Waals surface area contributed by atoms with Gasteiger partial charge in [-0.25, -0.2) is 12.8 Å². The zero-order valence-electron chi connectivity index (χ0n) is 26.6. The number of rotatable bonds is 15. The zero-order chi connectivity index (χ0) is 34.0. The molecule has 0 aliphatic rings. The molecule has 0 spiro atoms. The Morgan fingerprint density at radius 2 is 1.51 bits per heavy atom. The van der Waals surface area contributed by atoms with Gasteiger partial charge in [0.05, 0.1) is 17.2 Å². The molecule has 248 valence electrons. The normalized spacial score (nSPS) is 12.5. The zero-order valence-corrected chi connectivity index (χ0v) is 28.2. The van der Waals surface area contributed by atoms with Crippen molar-refractivity contribution in [2.45, 2.75) is 57.1 Å². The van der Waals surface area contributed by atoms with Gasteiger partial charge in [-0.15, -0.1) is 0 Å². The summed E-state index contributed by atoms with van der Waals surface area (Å²) in [5.41, 5.74) is 1.72. The van der Waals surface area contributed by atoms with Gasteiger partial charge in [0.2, 0.25) is 11.8 Å². The second kappa shape index (κ2) is 16.4. The third-order valence-corrected chi connectivity index (χ3v) is 9.69. The van der Waals surface area contributed by atoms with Crippen molar-refractivity contribution in [1.82, 2.24) is 10.2 Å². The summed E-state index contributed by atoms with van der Waals surface area (Å²) in [6.07, 6.45) is 0.868. The minimum Gasteiger partial charge on any atom is -0.494 e. The Morgan fingerprint density at radius 1 is 0.872 bits per heavy atom. The fourth-order valence-corrected chi connectivity index (χ4v) is 6.46. The molecule has 2 atom stereocenters. The number of nitrogens with zero attached hydrogens (tertiary/aromatic N) is 2. The summed E-state index contributed by atoms with van der Waals surface area (Å²) < 4.78 is 48.5. The smallest absolute Gasteiger partial charge is 0.264 e. The molecule has 0 saturated heterocycles. The number of anilines is 1. The molecule has 0 radical (unpaired) electrons. The average molecular weight is 680 g/mol. The third-order valence-electron chi connectivity index (χ3n) is 7.65. The Balaban J connectivity index is 1.80.